The van der Waals surface area contributed by atoms with E-state index in [2.05, 4.69) is 15.3 Å². The first-order valence-electron chi connectivity index (χ1n) is 10.5. The molecule has 1 fully saturated rings. The molecule has 1 heterocycles. The van der Waals surface area contributed by atoms with Crippen LogP contribution >= 0.6 is 11.6 Å². The van der Waals surface area contributed by atoms with Crippen molar-refractivity contribution < 1.29 is 4.74 Å². The average Bonchev–Trinajstić information content (AvgIpc) is 3.02. The van der Waals surface area contributed by atoms with Gasteiger partial charge in [0.05, 0.1) is 23.4 Å². The van der Waals surface area contributed by atoms with Gasteiger partial charge < -0.3 is 15.8 Å². The van der Waals surface area contributed by atoms with Crippen LogP contribution in [-0.2, 0) is 0 Å². The van der Waals surface area contributed by atoms with Crippen molar-refractivity contribution in [1.82, 2.24) is 9.97 Å². The first-order chi connectivity index (χ1) is 14.7. The summed E-state index contributed by atoms with van der Waals surface area (Å²) in [6, 6.07) is 16.2. The lowest BCUT2D eigenvalue weighted by atomic mass is 9.98. The summed E-state index contributed by atoms with van der Waals surface area (Å²) in [5.41, 5.74) is 9.76. The molecule has 30 heavy (non-hydrogen) atoms. The predicted molar refractivity (Wildman–Crippen MR) is 124 cm³/mol. The fraction of sp³-hybridized carbons (Fsp3) is 0.333. The summed E-state index contributed by atoms with van der Waals surface area (Å²) in [6.07, 6.45) is 7.31. The molecule has 5 nitrogen and oxygen atoms in total. The van der Waals surface area contributed by atoms with E-state index in [4.69, 9.17) is 22.1 Å². The predicted octanol–water partition coefficient (Wildman–Crippen LogP) is 6.19. The van der Waals surface area contributed by atoms with Gasteiger partial charge in [-0.25, -0.2) is 4.98 Å². The minimum absolute atomic E-state index is 0.258. The number of ether oxygens (including phenoxy) is 1. The van der Waals surface area contributed by atoms with E-state index in [-0.39, 0.29) is 5.95 Å². The van der Waals surface area contributed by atoms with Crippen molar-refractivity contribution in [2.24, 2.45) is 0 Å². The highest BCUT2D eigenvalue weighted by Gasteiger charge is 2.21. The number of rotatable bonds is 5. The number of halogens is 1. The van der Waals surface area contributed by atoms with Crippen LogP contribution in [0.1, 0.15) is 38.5 Å². The SMILES string of the molecule is COc1ccc(-c2c(NC3CCCCCC3)nc(N)nc2-c2ccccc2)cc1Cl. The molecule has 0 spiro atoms. The lowest BCUT2D eigenvalue weighted by molar-refractivity contribution is 0.415. The van der Waals surface area contributed by atoms with Crippen LogP contribution in [0, 0.1) is 0 Å². The third-order valence-corrected chi connectivity index (χ3v) is 5.91. The fourth-order valence-electron chi connectivity index (χ4n) is 4.10. The van der Waals surface area contributed by atoms with Gasteiger partial charge in [0.25, 0.3) is 0 Å². The minimum atomic E-state index is 0.258. The number of hydrogen-bond donors (Lipinski definition) is 2. The van der Waals surface area contributed by atoms with Crippen LogP contribution in [0.3, 0.4) is 0 Å². The molecule has 0 bridgehead atoms. The Labute approximate surface area is 182 Å². The maximum absolute atomic E-state index is 6.46. The van der Waals surface area contributed by atoms with Crippen LogP contribution in [-0.4, -0.2) is 23.1 Å². The number of nitrogens with zero attached hydrogens (tertiary/aromatic N) is 2. The van der Waals surface area contributed by atoms with Gasteiger partial charge in [-0.3, -0.25) is 0 Å². The van der Waals surface area contributed by atoms with Gasteiger partial charge in [0, 0.05) is 11.6 Å². The van der Waals surface area contributed by atoms with Gasteiger partial charge in [0.15, 0.2) is 0 Å². The quantitative estimate of drug-likeness (QED) is 0.479. The molecular formula is C24H27ClN4O. The molecule has 1 aliphatic rings. The van der Waals surface area contributed by atoms with Crippen molar-refractivity contribution in [3.63, 3.8) is 0 Å². The van der Waals surface area contributed by atoms with Crippen LogP contribution in [0.2, 0.25) is 5.02 Å². The van der Waals surface area contributed by atoms with E-state index < -0.39 is 0 Å². The van der Waals surface area contributed by atoms with Crippen LogP contribution in [0.4, 0.5) is 11.8 Å². The van der Waals surface area contributed by atoms with Crippen molar-refractivity contribution in [3.05, 3.63) is 53.6 Å². The molecule has 0 radical (unpaired) electrons. The molecule has 1 aromatic heterocycles. The molecule has 2 aromatic carbocycles. The number of nitrogens with two attached hydrogens (primary N) is 1. The summed E-state index contributed by atoms with van der Waals surface area (Å²) in [4.78, 5) is 9.23. The Morgan fingerprint density at radius 1 is 0.967 bits per heavy atom. The van der Waals surface area contributed by atoms with E-state index in [1.165, 1.54) is 25.7 Å². The lowest BCUT2D eigenvalue weighted by Crippen LogP contribution is -2.20. The first-order valence-corrected chi connectivity index (χ1v) is 10.9. The molecule has 6 heteroatoms. The second-order valence-electron chi connectivity index (χ2n) is 7.70. The Balaban J connectivity index is 1.86. The van der Waals surface area contributed by atoms with E-state index in [0.717, 1.165) is 41.0 Å². The van der Waals surface area contributed by atoms with Crippen molar-refractivity contribution in [1.29, 1.82) is 0 Å². The molecule has 0 unspecified atom stereocenters. The standard InChI is InChI=1S/C24H27ClN4O/c1-30-20-14-13-17(15-19(20)25)21-22(16-9-5-4-6-10-16)28-24(26)29-23(21)27-18-11-7-2-3-8-12-18/h4-6,9-10,13-15,18H,2-3,7-8,11-12H2,1H3,(H3,26,27,28,29). The number of benzene rings is 2. The van der Waals surface area contributed by atoms with E-state index >= 15 is 0 Å². The fourth-order valence-corrected chi connectivity index (χ4v) is 4.36. The highest BCUT2D eigenvalue weighted by molar-refractivity contribution is 6.32. The van der Waals surface area contributed by atoms with Crippen molar-refractivity contribution >= 4 is 23.4 Å². The molecule has 3 aromatic rings. The summed E-state index contributed by atoms with van der Waals surface area (Å²) in [7, 11) is 1.61. The van der Waals surface area contributed by atoms with Gasteiger partial charge in [0.2, 0.25) is 5.95 Å². The Kier molecular flexibility index (Phi) is 6.38. The molecule has 156 valence electrons. The number of nitrogens with one attached hydrogen (secondary N) is 1. The van der Waals surface area contributed by atoms with E-state index in [9.17, 15) is 0 Å². The maximum atomic E-state index is 6.46. The second kappa shape index (κ2) is 9.35. The van der Waals surface area contributed by atoms with Crippen molar-refractivity contribution in [2.45, 2.75) is 44.6 Å². The average molecular weight is 423 g/mol. The van der Waals surface area contributed by atoms with Crippen LogP contribution in [0.5, 0.6) is 5.75 Å². The zero-order chi connectivity index (χ0) is 20.9. The van der Waals surface area contributed by atoms with Gasteiger partial charge in [-0.2, -0.15) is 4.98 Å². The largest absolute Gasteiger partial charge is 0.495 e. The van der Waals surface area contributed by atoms with Crippen molar-refractivity contribution in [2.75, 3.05) is 18.2 Å². The molecular weight excluding hydrogens is 396 g/mol. The number of aromatic nitrogens is 2. The van der Waals surface area contributed by atoms with Crippen LogP contribution in [0.15, 0.2) is 48.5 Å². The second-order valence-corrected chi connectivity index (χ2v) is 8.11. The summed E-state index contributed by atoms with van der Waals surface area (Å²) < 4.78 is 5.34. The van der Waals surface area contributed by atoms with Gasteiger partial charge >= 0.3 is 0 Å². The van der Waals surface area contributed by atoms with Gasteiger partial charge in [-0.1, -0.05) is 73.7 Å². The molecule has 0 aliphatic heterocycles. The Morgan fingerprint density at radius 3 is 2.37 bits per heavy atom. The number of hydrogen-bond acceptors (Lipinski definition) is 5. The zero-order valence-electron chi connectivity index (χ0n) is 17.2. The number of methoxy groups -OCH3 is 1. The summed E-state index contributed by atoms with van der Waals surface area (Å²) in [6.45, 7) is 0. The van der Waals surface area contributed by atoms with Crippen LogP contribution < -0.4 is 15.8 Å². The molecule has 0 atom stereocenters. The highest BCUT2D eigenvalue weighted by atomic mass is 35.5. The summed E-state index contributed by atoms with van der Waals surface area (Å²) in [5.74, 6) is 1.65. The molecule has 0 amide bonds. The number of anilines is 2. The van der Waals surface area contributed by atoms with Gasteiger partial charge in [0.1, 0.15) is 11.6 Å². The van der Waals surface area contributed by atoms with Crippen LogP contribution in [0.25, 0.3) is 22.4 Å². The normalized spacial score (nSPS) is 14.9. The van der Waals surface area contributed by atoms with E-state index in [1.54, 1.807) is 7.11 Å². The first kappa shape index (κ1) is 20.5. The topological polar surface area (TPSA) is 73.1 Å². The molecule has 1 saturated carbocycles. The Bertz CT molecular complexity index is 1000. The van der Waals surface area contributed by atoms with E-state index in [0.29, 0.717) is 16.8 Å². The highest BCUT2D eigenvalue weighted by Crippen LogP contribution is 2.39. The van der Waals surface area contributed by atoms with Gasteiger partial charge in [-0.15, -0.1) is 0 Å². The third kappa shape index (κ3) is 4.51. The number of nitrogen functional groups attached to an aromatic ring is 1. The molecule has 3 N–H and O–H groups in total. The maximum Gasteiger partial charge on any atom is 0.222 e. The Morgan fingerprint density at radius 2 is 1.70 bits per heavy atom. The van der Waals surface area contributed by atoms with Crippen molar-refractivity contribution in [3.8, 4) is 28.1 Å². The summed E-state index contributed by atoms with van der Waals surface area (Å²) >= 11 is 6.46. The van der Waals surface area contributed by atoms with E-state index in [1.807, 2.05) is 48.5 Å². The minimum Gasteiger partial charge on any atom is -0.495 e. The lowest BCUT2D eigenvalue weighted by Gasteiger charge is -2.21. The smallest absolute Gasteiger partial charge is 0.222 e. The molecule has 1 aliphatic carbocycles. The monoisotopic (exact) mass is 422 g/mol. The molecule has 4 rings (SSSR count). The molecule has 0 saturated heterocycles. The van der Waals surface area contributed by atoms with Gasteiger partial charge in [-0.05, 0) is 30.5 Å². The summed E-state index contributed by atoms with van der Waals surface area (Å²) in [5, 5.41) is 4.23. The zero-order valence-corrected chi connectivity index (χ0v) is 18.0. The third-order valence-electron chi connectivity index (χ3n) is 5.61. The Hall–Kier alpha value is -2.79.